The van der Waals surface area contributed by atoms with Crippen molar-refractivity contribution >= 4 is 0 Å². The Hall–Kier alpha value is -2.48. The van der Waals surface area contributed by atoms with Gasteiger partial charge in [-0.15, -0.1) is 13.2 Å². The van der Waals surface area contributed by atoms with Gasteiger partial charge < -0.3 is 9.47 Å². The maximum atomic E-state index is 5.73. The summed E-state index contributed by atoms with van der Waals surface area (Å²) in [5, 5.41) is 0. The number of allylic oxidation sites excluding steroid dienone is 2. The molecule has 0 aliphatic carbocycles. The summed E-state index contributed by atoms with van der Waals surface area (Å²) < 4.78 is 11.5. The molecule has 0 saturated heterocycles. The lowest BCUT2D eigenvalue weighted by atomic mass is 10.1. The van der Waals surface area contributed by atoms with Crippen molar-refractivity contribution in [3.63, 3.8) is 0 Å². The van der Waals surface area contributed by atoms with Crippen molar-refractivity contribution in [3.8, 4) is 11.5 Å². The van der Waals surface area contributed by atoms with Crippen LogP contribution in [0.25, 0.3) is 0 Å². The van der Waals surface area contributed by atoms with Crippen molar-refractivity contribution in [1.29, 1.82) is 0 Å². The first-order valence-electron chi connectivity index (χ1n) is 6.98. The molecule has 0 heterocycles. The molecule has 0 radical (unpaired) electrons. The lowest BCUT2D eigenvalue weighted by Gasteiger charge is -2.13. The Morgan fingerprint density at radius 1 is 0.714 bits per heavy atom. The normalized spacial score (nSPS) is 9.90. The van der Waals surface area contributed by atoms with E-state index < -0.39 is 0 Å². The molecule has 0 amide bonds. The molecule has 108 valence electrons. The molecule has 0 bridgehead atoms. The third kappa shape index (κ3) is 4.25. The summed E-state index contributed by atoms with van der Waals surface area (Å²) in [6.45, 7) is 7.70. The van der Waals surface area contributed by atoms with Crippen LogP contribution in [0.1, 0.15) is 11.1 Å². The zero-order valence-corrected chi connectivity index (χ0v) is 12.1. The van der Waals surface area contributed by atoms with E-state index in [0.29, 0.717) is 0 Å². The van der Waals surface area contributed by atoms with E-state index >= 15 is 0 Å². The Kier molecular flexibility index (Phi) is 5.65. The molecule has 0 aromatic heterocycles. The van der Waals surface area contributed by atoms with Crippen LogP contribution in [0.3, 0.4) is 0 Å². The topological polar surface area (TPSA) is 18.5 Å². The van der Waals surface area contributed by atoms with E-state index in [1.807, 2.05) is 60.7 Å². The van der Waals surface area contributed by atoms with Gasteiger partial charge in [-0.2, -0.15) is 0 Å². The molecule has 2 nitrogen and oxygen atoms in total. The maximum Gasteiger partial charge on any atom is 0.230 e. The predicted octanol–water partition coefficient (Wildman–Crippen LogP) is 4.56. The number of hydrogen-bond donors (Lipinski definition) is 0. The van der Waals surface area contributed by atoms with Crippen molar-refractivity contribution in [2.45, 2.75) is 12.8 Å². The van der Waals surface area contributed by atoms with Crippen molar-refractivity contribution in [3.05, 3.63) is 85.0 Å². The van der Waals surface area contributed by atoms with Crippen LogP contribution < -0.4 is 9.47 Å². The Morgan fingerprint density at radius 2 is 1.14 bits per heavy atom. The van der Waals surface area contributed by atoms with Crippen LogP contribution in [-0.4, -0.2) is 6.79 Å². The highest BCUT2D eigenvalue weighted by molar-refractivity contribution is 5.36. The second kappa shape index (κ2) is 7.95. The number of para-hydroxylation sites is 2. The average molecular weight is 280 g/mol. The van der Waals surface area contributed by atoms with Gasteiger partial charge in [-0.25, -0.2) is 0 Å². The van der Waals surface area contributed by atoms with Gasteiger partial charge in [-0.1, -0.05) is 48.6 Å². The lowest BCUT2D eigenvalue weighted by molar-refractivity contribution is 0.118. The molecule has 2 aromatic rings. The van der Waals surface area contributed by atoms with Crippen LogP contribution in [0, 0.1) is 0 Å². The van der Waals surface area contributed by atoms with Gasteiger partial charge in [-0.05, 0) is 36.1 Å². The van der Waals surface area contributed by atoms with Gasteiger partial charge in [0.1, 0.15) is 11.5 Å². The summed E-state index contributed by atoms with van der Waals surface area (Å²) in [5.41, 5.74) is 2.21. The van der Waals surface area contributed by atoms with Gasteiger partial charge in [0, 0.05) is 0 Å². The first-order valence-corrected chi connectivity index (χ1v) is 6.98. The number of rotatable bonds is 8. The molecule has 2 aromatic carbocycles. The average Bonchev–Trinajstić information content (AvgIpc) is 2.51. The van der Waals surface area contributed by atoms with Crippen LogP contribution in [0.15, 0.2) is 73.8 Å². The Bertz CT molecular complexity index is 549. The zero-order chi connectivity index (χ0) is 14.9. The van der Waals surface area contributed by atoms with Gasteiger partial charge in [0.25, 0.3) is 0 Å². The highest BCUT2D eigenvalue weighted by Gasteiger charge is 2.04. The van der Waals surface area contributed by atoms with Crippen LogP contribution >= 0.6 is 0 Å². The standard InChI is InChI=1S/C19H20O2/c1-3-9-16-11-5-7-13-18(16)20-15-21-19-14-8-6-12-17(19)10-4-2/h3-8,11-14H,1-2,9-10,15H2. The zero-order valence-electron chi connectivity index (χ0n) is 12.1. The number of benzene rings is 2. The molecule has 0 fully saturated rings. The molecule has 0 atom stereocenters. The quantitative estimate of drug-likeness (QED) is 0.521. The predicted molar refractivity (Wildman–Crippen MR) is 86.8 cm³/mol. The van der Waals surface area contributed by atoms with Gasteiger partial charge in [0.15, 0.2) is 0 Å². The van der Waals surface area contributed by atoms with E-state index in [0.717, 1.165) is 35.5 Å². The summed E-state index contributed by atoms with van der Waals surface area (Å²) >= 11 is 0. The van der Waals surface area contributed by atoms with Gasteiger partial charge in [0.05, 0.1) is 0 Å². The molecule has 2 rings (SSSR count). The minimum atomic E-state index is 0.183. The second-order valence-corrected chi connectivity index (χ2v) is 4.61. The Labute approximate surface area is 126 Å². The van der Waals surface area contributed by atoms with Crippen molar-refractivity contribution in [2.75, 3.05) is 6.79 Å². The smallest absolute Gasteiger partial charge is 0.230 e. The van der Waals surface area contributed by atoms with Crippen molar-refractivity contribution in [1.82, 2.24) is 0 Å². The third-order valence-corrected chi connectivity index (χ3v) is 3.10. The van der Waals surface area contributed by atoms with Crippen LogP contribution in [0.5, 0.6) is 11.5 Å². The molecule has 0 N–H and O–H groups in total. The lowest BCUT2D eigenvalue weighted by Crippen LogP contribution is -2.08. The third-order valence-electron chi connectivity index (χ3n) is 3.10. The summed E-state index contributed by atoms with van der Waals surface area (Å²) in [4.78, 5) is 0. The molecule has 0 aliphatic rings. The van der Waals surface area contributed by atoms with Gasteiger partial charge in [-0.3, -0.25) is 0 Å². The molecule has 0 unspecified atom stereocenters. The van der Waals surface area contributed by atoms with Crippen molar-refractivity contribution < 1.29 is 9.47 Å². The fourth-order valence-electron chi connectivity index (χ4n) is 2.09. The summed E-state index contributed by atoms with van der Waals surface area (Å²) in [6, 6.07) is 15.8. The first kappa shape index (κ1) is 14.9. The molecular formula is C19H20O2. The summed E-state index contributed by atoms with van der Waals surface area (Å²) in [7, 11) is 0. The largest absolute Gasteiger partial charge is 0.457 e. The summed E-state index contributed by atoms with van der Waals surface area (Å²) in [5.74, 6) is 1.66. The van der Waals surface area contributed by atoms with Gasteiger partial charge in [0.2, 0.25) is 6.79 Å². The molecule has 21 heavy (non-hydrogen) atoms. The Morgan fingerprint density at radius 3 is 1.57 bits per heavy atom. The fourth-order valence-corrected chi connectivity index (χ4v) is 2.09. The molecule has 2 heteroatoms. The minimum Gasteiger partial charge on any atom is -0.457 e. The molecule has 0 spiro atoms. The molecule has 0 aliphatic heterocycles. The maximum absolute atomic E-state index is 5.73. The first-order chi connectivity index (χ1) is 10.3. The van der Waals surface area contributed by atoms with Crippen LogP contribution in [-0.2, 0) is 12.8 Å². The van der Waals surface area contributed by atoms with E-state index in [-0.39, 0.29) is 6.79 Å². The minimum absolute atomic E-state index is 0.183. The Balaban J connectivity index is 1.98. The van der Waals surface area contributed by atoms with Crippen LogP contribution in [0.2, 0.25) is 0 Å². The monoisotopic (exact) mass is 280 g/mol. The number of hydrogen-bond acceptors (Lipinski definition) is 2. The van der Waals surface area contributed by atoms with E-state index in [9.17, 15) is 0 Å². The van der Waals surface area contributed by atoms with E-state index in [1.54, 1.807) is 0 Å². The van der Waals surface area contributed by atoms with E-state index in [4.69, 9.17) is 9.47 Å². The fraction of sp³-hybridized carbons (Fsp3) is 0.158. The van der Waals surface area contributed by atoms with E-state index in [1.165, 1.54) is 0 Å². The highest BCUT2D eigenvalue weighted by Crippen LogP contribution is 2.21. The summed E-state index contributed by atoms with van der Waals surface area (Å²) in [6.07, 6.45) is 5.29. The van der Waals surface area contributed by atoms with Crippen LogP contribution in [0.4, 0.5) is 0 Å². The molecular weight excluding hydrogens is 260 g/mol. The SMILES string of the molecule is C=CCc1ccccc1OCOc1ccccc1CC=C. The van der Waals surface area contributed by atoms with E-state index in [2.05, 4.69) is 13.2 Å². The highest BCUT2D eigenvalue weighted by atomic mass is 16.7. The number of ether oxygens (including phenoxy) is 2. The second-order valence-electron chi connectivity index (χ2n) is 4.61. The van der Waals surface area contributed by atoms with Gasteiger partial charge >= 0.3 is 0 Å². The molecule has 0 saturated carbocycles. The van der Waals surface area contributed by atoms with Crippen molar-refractivity contribution in [2.24, 2.45) is 0 Å².